The third-order valence-electron chi connectivity index (χ3n) is 4.54. The zero-order valence-electron chi connectivity index (χ0n) is 12.2. The van der Waals surface area contributed by atoms with Gasteiger partial charge in [0, 0.05) is 25.1 Å². The third kappa shape index (κ3) is 2.01. The lowest BCUT2D eigenvalue weighted by Gasteiger charge is -2.52. The molecule has 0 bridgehead atoms. The molecule has 3 aliphatic rings. The van der Waals surface area contributed by atoms with Crippen LogP contribution < -0.4 is 5.32 Å². The molecule has 10 heteroatoms. The second-order valence-corrected chi connectivity index (χ2v) is 5.52. The van der Waals surface area contributed by atoms with Gasteiger partial charge < -0.3 is 20.3 Å². The molecule has 3 atom stereocenters. The maximum absolute atomic E-state index is 12.2. The number of hydrogen-bond acceptors (Lipinski definition) is 5. The zero-order chi connectivity index (χ0) is 16.9. The van der Waals surface area contributed by atoms with Crippen molar-refractivity contribution < 1.29 is 34.1 Å². The van der Waals surface area contributed by atoms with E-state index in [9.17, 15) is 24.3 Å². The molecule has 0 saturated carbocycles. The van der Waals surface area contributed by atoms with Crippen molar-refractivity contribution in [3.05, 3.63) is 11.3 Å². The molecule has 3 amide bonds. The standard InChI is InChI=1S/C13H15N3O7/c1-14-12(20)23-4-6-5-2-3-15(13(21)22)9-7(5)16(10(9)17)8(6)11(18)19/h5,7,9H,2-4H2,1H3,(H,14,20)(H,18,19)(H,21,22)/t5?,7-,9+/m1/s1. The minimum atomic E-state index is -1.29. The number of nitrogens with one attached hydrogen (secondary N) is 1. The second-order valence-electron chi connectivity index (χ2n) is 5.52. The number of ether oxygens (including phenoxy) is 1. The van der Waals surface area contributed by atoms with E-state index < -0.39 is 36.1 Å². The highest BCUT2D eigenvalue weighted by molar-refractivity contribution is 6.02. The molecular formula is C13H15N3O7. The van der Waals surface area contributed by atoms with Crippen molar-refractivity contribution >= 4 is 24.1 Å². The van der Waals surface area contributed by atoms with Crippen LogP contribution in [0.15, 0.2) is 11.3 Å². The number of aliphatic carboxylic acids is 1. The summed E-state index contributed by atoms with van der Waals surface area (Å²) in [4.78, 5) is 48.4. The van der Waals surface area contributed by atoms with Gasteiger partial charge in [-0.1, -0.05) is 0 Å². The highest BCUT2D eigenvalue weighted by Crippen LogP contribution is 2.48. The number of carbonyl (C=O) groups is 4. The van der Waals surface area contributed by atoms with E-state index in [0.717, 1.165) is 9.80 Å². The molecule has 1 unspecified atom stereocenters. The lowest BCUT2D eigenvalue weighted by molar-refractivity contribution is -0.161. The molecule has 0 spiro atoms. The number of amides is 3. The lowest BCUT2D eigenvalue weighted by atomic mass is 9.78. The van der Waals surface area contributed by atoms with Gasteiger partial charge in [0.25, 0.3) is 5.91 Å². The van der Waals surface area contributed by atoms with Crippen LogP contribution in [0.4, 0.5) is 9.59 Å². The SMILES string of the molecule is CNC(=O)OCC1=C(C(=O)O)N2C(=O)[C@@H]3[C@H]2C1CCN3C(=O)O. The number of likely N-dealkylation sites (tertiary alicyclic amines) is 1. The Kier molecular flexibility index (Phi) is 3.38. The van der Waals surface area contributed by atoms with Crippen molar-refractivity contribution in [1.29, 1.82) is 0 Å². The van der Waals surface area contributed by atoms with E-state index >= 15 is 0 Å². The summed E-state index contributed by atoms with van der Waals surface area (Å²) >= 11 is 0. The molecule has 3 heterocycles. The van der Waals surface area contributed by atoms with Gasteiger partial charge in [0.1, 0.15) is 18.3 Å². The molecule has 10 nitrogen and oxygen atoms in total. The quantitative estimate of drug-likeness (QED) is 0.582. The van der Waals surface area contributed by atoms with Crippen molar-refractivity contribution in [2.24, 2.45) is 5.92 Å². The maximum Gasteiger partial charge on any atom is 0.408 e. The van der Waals surface area contributed by atoms with Crippen LogP contribution in [-0.2, 0) is 14.3 Å². The van der Waals surface area contributed by atoms with Crippen LogP contribution in [0, 0.1) is 5.92 Å². The third-order valence-corrected chi connectivity index (χ3v) is 4.54. The number of carbonyl (C=O) groups excluding carboxylic acids is 2. The number of rotatable bonds is 3. The van der Waals surface area contributed by atoms with Crippen molar-refractivity contribution in [1.82, 2.24) is 15.1 Å². The number of alkyl carbamates (subject to hydrolysis) is 1. The topological polar surface area (TPSA) is 136 Å². The van der Waals surface area contributed by atoms with Crippen LogP contribution in [-0.4, -0.2) is 76.4 Å². The van der Waals surface area contributed by atoms with Crippen LogP contribution in [0.1, 0.15) is 6.42 Å². The van der Waals surface area contributed by atoms with E-state index in [-0.39, 0.29) is 24.8 Å². The number of nitrogens with zero attached hydrogens (tertiary/aromatic N) is 2. The summed E-state index contributed by atoms with van der Waals surface area (Å²) in [5.74, 6) is -2.15. The van der Waals surface area contributed by atoms with Gasteiger partial charge in [-0.15, -0.1) is 0 Å². The molecule has 3 N–H and O–H groups in total. The fourth-order valence-electron chi connectivity index (χ4n) is 3.62. The summed E-state index contributed by atoms with van der Waals surface area (Å²) in [7, 11) is 1.38. The summed E-state index contributed by atoms with van der Waals surface area (Å²) in [6.45, 7) is -0.108. The smallest absolute Gasteiger partial charge is 0.408 e. The molecule has 2 fully saturated rings. The van der Waals surface area contributed by atoms with Gasteiger partial charge in [0.05, 0.1) is 6.04 Å². The van der Waals surface area contributed by atoms with Gasteiger partial charge in [-0.25, -0.2) is 14.4 Å². The first kappa shape index (κ1) is 15.1. The van der Waals surface area contributed by atoms with Crippen LogP contribution >= 0.6 is 0 Å². The van der Waals surface area contributed by atoms with E-state index in [2.05, 4.69) is 5.32 Å². The first-order chi connectivity index (χ1) is 10.9. The van der Waals surface area contributed by atoms with E-state index in [1.54, 1.807) is 0 Å². The maximum atomic E-state index is 12.2. The second kappa shape index (κ2) is 5.14. The average Bonchev–Trinajstić information content (AvgIpc) is 2.84. The predicted octanol–water partition coefficient (Wildman–Crippen LogP) is -0.726. The summed E-state index contributed by atoms with van der Waals surface area (Å²) in [5.41, 5.74) is 0.157. The Morgan fingerprint density at radius 1 is 1.35 bits per heavy atom. The highest BCUT2D eigenvalue weighted by Gasteiger charge is 2.64. The summed E-state index contributed by atoms with van der Waals surface area (Å²) in [6.07, 6.45) is -1.53. The largest absolute Gasteiger partial charge is 0.477 e. The lowest BCUT2D eigenvalue weighted by Crippen LogP contribution is -2.73. The summed E-state index contributed by atoms with van der Waals surface area (Å²) < 4.78 is 4.94. The van der Waals surface area contributed by atoms with E-state index in [4.69, 9.17) is 9.84 Å². The fraction of sp³-hybridized carbons (Fsp3) is 0.538. The van der Waals surface area contributed by atoms with Crippen LogP contribution in [0.2, 0.25) is 0 Å². The van der Waals surface area contributed by atoms with Gasteiger partial charge in [-0.3, -0.25) is 14.6 Å². The Morgan fingerprint density at radius 2 is 2.04 bits per heavy atom. The van der Waals surface area contributed by atoms with Gasteiger partial charge in [-0.05, 0) is 6.42 Å². The molecule has 3 aliphatic heterocycles. The van der Waals surface area contributed by atoms with E-state index in [0.29, 0.717) is 12.0 Å². The first-order valence-electron chi connectivity index (χ1n) is 7.02. The molecule has 124 valence electrons. The van der Waals surface area contributed by atoms with Gasteiger partial charge in [0.15, 0.2) is 0 Å². The number of carboxylic acid groups (broad SMARTS) is 2. The number of hydrogen-bond donors (Lipinski definition) is 3. The predicted molar refractivity (Wildman–Crippen MR) is 72.3 cm³/mol. The molecule has 0 radical (unpaired) electrons. The zero-order valence-corrected chi connectivity index (χ0v) is 12.2. The van der Waals surface area contributed by atoms with Crippen molar-refractivity contribution in [2.75, 3.05) is 20.2 Å². The fourth-order valence-corrected chi connectivity index (χ4v) is 3.62. The highest BCUT2D eigenvalue weighted by atomic mass is 16.5. The van der Waals surface area contributed by atoms with Crippen LogP contribution in [0.3, 0.4) is 0 Å². The van der Waals surface area contributed by atoms with E-state index in [1.165, 1.54) is 7.05 Å². The van der Waals surface area contributed by atoms with E-state index in [1.807, 2.05) is 0 Å². The number of β-lactam (4-membered cyclic amide) rings is 1. The normalized spacial score (nSPS) is 28.2. The molecule has 23 heavy (non-hydrogen) atoms. The molecule has 2 saturated heterocycles. The Hall–Kier alpha value is -2.78. The minimum Gasteiger partial charge on any atom is -0.477 e. The summed E-state index contributed by atoms with van der Waals surface area (Å²) in [5, 5.41) is 20.8. The Labute approximate surface area is 130 Å². The Balaban J connectivity index is 1.91. The van der Waals surface area contributed by atoms with Gasteiger partial charge in [0.2, 0.25) is 0 Å². The molecule has 0 aromatic heterocycles. The molecule has 0 aliphatic carbocycles. The van der Waals surface area contributed by atoms with Crippen molar-refractivity contribution in [3.8, 4) is 0 Å². The molecule has 0 aromatic rings. The molecular weight excluding hydrogens is 310 g/mol. The average molecular weight is 325 g/mol. The Morgan fingerprint density at radius 3 is 2.61 bits per heavy atom. The Bertz CT molecular complexity index is 643. The molecule has 3 rings (SSSR count). The van der Waals surface area contributed by atoms with Crippen molar-refractivity contribution in [3.63, 3.8) is 0 Å². The van der Waals surface area contributed by atoms with Crippen molar-refractivity contribution in [2.45, 2.75) is 18.5 Å². The molecule has 0 aromatic carbocycles. The number of piperidine rings is 1. The summed E-state index contributed by atoms with van der Waals surface area (Å²) in [6, 6.07) is -1.39. The minimum absolute atomic E-state index is 0.136. The number of carboxylic acids is 1. The van der Waals surface area contributed by atoms with Gasteiger partial charge >= 0.3 is 18.2 Å². The van der Waals surface area contributed by atoms with Gasteiger partial charge in [-0.2, -0.15) is 0 Å². The van der Waals surface area contributed by atoms with Crippen LogP contribution in [0.25, 0.3) is 0 Å². The monoisotopic (exact) mass is 325 g/mol. The first-order valence-corrected chi connectivity index (χ1v) is 7.02. The van der Waals surface area contributed by atoms with Crippen LogP contribution in [0.5, 0.6) is 0 Å².